The summed E-state index contributed by atoms with van der Waals surface area (Å²) < 4.78 is 5.09. The molecule has 2 atom stereocenters. The van der Waals surface area contributed by atoms with E-state index in [0.717, 1.165) is 32.4 Å². The zero-order valence-corrected chi connectivity index (χ0v) is 13.3. The summed E-state index contributed by atoms with van der Waals surface area (Å²) in [6, 6.07) is 1.07. The van der Waals surface area contributed by atoms with Crippen LogP contribution in [-0.4, -0.2) is 48.7 Å². The highest BCUT2D eigenvalue weighted by Gasteiger charge is 2.49. The Hall–Kier alpha value is -0.610. The van der Waals surface area contributed by atoms with Gasteiger partial charge in [-0.1, -0.05) is 13.8 Å². The molecule has 20 heavy (non-hydrogen) atoms. The Morgan fingerprint density at radius 1 is 1.25 bits per heavy atom. The predicted octanol–water partition coefficient (Wildman–Crippen LogP) is 2.32. The second kappa shape index (κ2) is 6.90. The lowest BCUT2D eigenvalue weighted by molar-refractivity contribution is -0.148. The lowest BCUT2D eigenvalue weighted by Crippen LogP contribution is -2.53. The highest BCUT2D eigenvalue weighted by atomic mass is 16.5. The van der Waals surface area contributed by atoms with E-state index in [1.54, 1.807) is 0 Å². The Balaban J connectivity index is 2.02. The molecular formula is C16H30N2O2. The minimum Gasteiger partial charge on any atom is -0.468 e. The fraction of sp³-hybridized carbons (Fsp3) is 0.938. The molecule has 0 aromatic carbocycles. The van der Waals surface area contributed by atoms with Gasteiger partial charge < -0.3 is 9.64 Å². The molecule has 0 radical (unpaired) electrons. The van der Waals surface area contributed by atoms with Crippen molar-refractivity contribution in [3.05, 3.63) is 0 Å². The van der Waals surface area contributed by atoms with Crippen LogP contribution in [0.5, 0.6) is 0 Å². The van der Waals surface area contributed by atoms with Crippen molar-refractivity contribution in [1.29, 1.82) is 0 Å². The van der Waals surface area contributed by atoms with Crippen molar-refractivity contribution < 1.29 is 9.53 Å². The molecular weight excluding hydrogens is 252 g/mol. The molecule has 0 spiro atoms. The topological polar surface area (TPSA) is 41.6 Å². The van der Waals surface area contributed by atoms with E-state index in [2.05, 4.69) is 24.1 Å². The largest absolute Gasteiger partial charge is 0.468 e. The molecule has 0 bridgehead atoms. The van der Waals surface area contributed by atoms with Crippen LogP contribution in [0.3, 0.4) is 0 Å². The van der Waals surface area contributed by atoms with Gasteiger partial charge in [-0.25, -0.2) is 0 Å². The molecule has 0 amide bonds. The van der Waals surface area contributed by atoms with Crippen molar-refractivity contribution >= 4 is 5.97 Å². The highest BCUT2D eigenvalue weighted by Crippen LogP contribution is 2.37. The summed E-state index contributed by atoms with van der Waals surface area (Å²) in [5, 5.41) is 3.58. The lowest BCUT2D eigenvalue weighted by atomic mass is 9.96. The molecule has 4 heteroatoms. The molecule has 0 saturated heterocycles. The second-order valence-electron chi connectivity index (χ2n) is 6.42. The first-order valence-electron chi connectivity index (χ1n) is 8.25. The van der Waals surface area contributed by atoms with Gasteiger partial charge in [-0.3, -0.25) is 10.1 Å². The van der Waals surface area contributed by atoms with Crippen molar-refractivity contribution in [2.24, 2.45) is 0 Å². The first-order chi connectivity index (χ1) is 9.65. The smallest absolute Gasteiger partial charge is 0.326 e. The van der Waals surface area contributed by atoms with E-state index in [1.165, 1.54) is 32.8 Å². The van der Waals surface area contributed by atoms with Crippen LogP contribution >= 0.6 is 0 Å². The zero-order valence-electron chi connectivity index (χ0n) is 13.3. The summed E-state index contributed by atoms with van der Waals surface area (Å²) in [5.74, 6) is -0.0557. The molecule has 4 nitrogen and oxygen atoms in total. The normalized spacial score (nSPS) is 29.9. The molecule has 0 aromatic rings. The van der Waals surface area contributed by atoms with Crippen LogP contribution in [0, 0.1) is 0 Å². The fourth-order valence-electron chi connectivity index (χ4n) is 3.57. The Labute approximate surface area is 123 Å². The monoisotopic (exact) mass is 282 g/mol. The minimum absolute atomic E-state index is 0.0557. The Morgan fingerprint density at radius 3 is 2.40 bits per heavy atom. The molecule has 1 N–H and O–H groups in total. The third kappa shape index (κ3) is 3.53. The van der Waals surface area contributed by atoms with E-state index in [4.69, 9.17) is 4.74 Å². The van der Waals surface area contributed by atoms with Gasteiger partial charge in [0.15, 0.2) is 0 Å². The van der Waals surface area contributed by atoms with E-state index in [1.807, 2.05) is 0 Å². The van der Waals surface area contributed by atoms with Gasteiger partial charge in [-0.15, -0.1) is 0 Å². The molecule has 2 rings (SSSR count). The molecule has 116 valence electrons. The highest BCUT2D eigenvalue weighted by molar-refractivity contribution is 5.81. The van der Waals surface area contributed by atoms with Crippen molar-refractivity contribution in [1.82, 2.24) is 10.2 Å². The van der Waals surface area contributed by atoms with Crippen molar-refractivity contribution in [2.75, 3.05) is 20.2 Å². The fourth-order valence-corrected chi connectivity index (χ4v) is 3.57. The van der Waals surface area contributed by atoms with Gasteiger partial charge in [0.1, 0.15) is 5.54 Å². The number of carbonyl (C=O) groups excluding carboxylic acids is 1. The number of carbonyl (C=O) groups is 1. The maximum Gasteiger partial charge on any atom is 0.326 e. The summed E-state index contributed by atoms with van der Waals surface area (Å²) in [7, 11) is 1.52. The summed E-state index contributed by atoms with van der Waals surface area (Å²) in [6.07, 6.45) is 7.71. The van der Waals surface area contributed by atoms with Gasteiger partial charge in [-0.05, 0) is 58.0 Å². The number of hydrogen-bond acceptors (Lipinski definition) is 4. The van der Waals surface area contributed by atoms with E-state index in [9.17, 15) is 4.79 Å². The summed E-state index contributed by atoms with van der Waals surface area (Å²) in [4.78, 5) is 14.8. The number of esters is 1. The van der Waals surface area contributed by atoms with E-state index in [-0.39, 0.29) is 5.97 Å². The van der Waals surface area contributed by atoms with Crippen LogP contribution in [0.15, 0.2) is 0 Å². The molecule has 0 heterocycles. The third-order valence-electron chi connectivity index (χ3n) is 4.66. The quantitative estimate of drug-likeness (QED) is 0.694. The van der Waals surface area contributed by atoms with E-state index < -0.39 is 5.54 Å². The van der Waals surface area contributed by atoms with Crippen LogP contribution < -0.4 is 5.32 Å². The Kier molecular flexibility index (Phi) is 5.44. The number of methoxy groups -OCH3 is 1. The molecule has 2 unspecified atom stereocenters. The first kappa shape index (κ1) is 15.8. The standard InChI is InChI=1S/C16H30N2O2/c1-4-10-18(11-5-2)14-8-9-16(12-14,15(19)20-3)17-13-6-7-13/h13-14,17H,4-12H2,1-3H3. The molecule has 0 aromatic heterocycles. The number of nitrogens with one attached hydrogen (secondary N) is 1. The maximum atomic E-state index is 12.3. The SMILES string of the molecule is CCCN(CCC)C1CCC(NC2CC2)(C(=O)OC)C1. The van der Waals surface area contributed by atoms with E-state index in [0.29, 0.717) is 12.1 Å². The van der Waals surface area contributed by atoms with Gasteiger partial charge >= 0.3 is 5.97 Å². The molecule has 2 saturated carbocycles. The van der Waals surface area contributed by atoms with Gasteiger partial charge in [0, 0.05) is 12.1 Å². The van der Waals surface area contributed by atoms with Crippen molar-refractivity contribution in [2.45, 2.75) is 76.4 Å². The molecule has 2 aliphatic rings. The van der Waals surface area contributed by atoms with Crippen molar-refractivity contribution in [3.63, 3.8) is 0 Å². The Bertz CT molecular complexity index is 324. The van der Waals surface area contributed by atoms with Gasteiger partial charge in [0.25, 0.3) is 0 Å². The number of nitrogens with zero attached hydrogens (tertiary/aromatic N) is 1. The van der Waals surface area contributed by atoms with Crippen molar-refractivity contribution in [3.8, 4) is 0 Å². The third-order valence-corrected chi connectivity index (χ3v) is 4.66. The Morgan fingerprint density at radius 2 is 1.90 bits per heavy atom. The number of rotatable bonds is 8. The first-order valence-corrected chi connectivity index (χ1v) is 8.25. The van der Waals surface area contributed by atoms with Gasteiger partial charge in [0.2, 0.25) is 0 Å². The zero-order chi connectivity index (χ0) is 14.6. The molecule has 0 aliphatic heterocycles. The molecule has 2 aliphatic carbocycles. The predicted molar refractivity (Wildman–Crippen MR) is 80.7 cm³/mol. The summed E-state index contributed by atoms with van der Waals surface area (Å²) in [5.41, 5.74) is -0.416. The number of hydrogen-bond donors (Lipinski definition) is 1. The summed E-state index contributed by atoms with van der Waals surface area (Å²) >= 11 is 0. The van der Waals surface area contributed by atoms with Crippen LogP contribution in [0.2, 0.25) is 0 Å². The lowest BCUT2D eigenvalue weighted by Gasteiger charge is -2.31. The van der Waals surface area contributed by atoms with Crippen LogP contribution in [0.1, 0.15) is 58.8 Å². The minimum atomic E-state index is -0.416. The summed E-state index contributed by atoms with van der Waals surface area (Å²) in [6.45, 7) is 6.74. The van der Waals surface area contributed by atoms with E-state index >= 15 is 0 Å². The van der Waals surface area contributed by atoms with Gasteiger partial charge in [0.05, 0.1) is 7.11 Å². The van der Waals surface area contributed by atoms with Crippen LogP contribution in [0.25, 0.3) is 0 Å². The van der Waals surface area contributed by atoms with Crippen LogP contribution in [0.4, 0.5) is 0 Å². The molecule has 2 fully saturated rings. The maximum absolute atomic E-state index is 12.3. The van der Waals surface area contributed by atoms with Gasteiger partial charge in [-0.2, -0.15) is 0 Å². The second-order valence-corrected chi connectivity index (χ2v) is 6.42. The average Bonchev–Trinajstić information content (AvgIpc) is 3.15. The number of ether oxygens (including phenoxy) is 1. The van der Waals surface area contributed by atoms with Crippen LogP contribution in [-0.2, 0) is 9.53 Å². The average molecular weight is 282 g/mol.